The first-order valence-electron chi connectivity index (χ1n) is 6.01. The average molecular weight is 250 g/mol. The predicted molar refractivity (Wildman–Crippen MR) is 72.0 cm³/mol. The Bertz CT molecular complexity index is 424. The number of hydrogen-bond donors (Lipinski definition) is 2. The molecule has 1 aromatic carbocycles. The lowest BCUT2D eigenvalue weighted by Gasteiger charge is -2.30. The molecular weight excluding hydrogens is 228 g/mol. The lowest BCUT2D eigenvalue weighted by atomic mass is 9.86. The van der Waals surface area contributed by atoms with Gasteiger partial charge in [-0.3, -0.25) is 4.79 Å². The zero-order valence-electron chi connectivity index (χ0n) is 11.5. The van der Waals surface area contributed by atoms with Crippen LogP contribution in [0.5, 0.6) is 5.75 Å². The SMILES string of the molecule is CN(Cc1ccccc1O)C(=O)[C@H](N)C(C)(C)C. The van der Waals surface area contributed by atoms with Crippen LogP contribution in [0.15, 0.2) is 24.3 Å². The van der Waals surface area contributed by atoms with Gasteiger partial charge in [0.1, 0.15) is 5.75 Å². The summed E-state index contributed by atoms with van der Waals surface area (Å²) >= 11 is 0. The molecule has 0 aliphatic heterocycles. The summed E-state index contributed by atoms with van der Waals surface area (Å²) in [5, 5.41) is 9.67. The zero-order valence-corrected chi connectivity index (χ0v) is 11.5. The third kappa shape index (κ3) is 3.47. The molecule has 3 N–H and O–H groups in total. The van der Waals surface area contributed by atoms with Gasteiger partial charge < -0.3 is 15.7 Å². The molecule has 0 radical (unpaired) electrons. The highest BCUT2D eigenvalue weighted by atomic mass is 16.3. The van der Waals surface area contributed by atoms with Crippen LogP contribution in [0.3, 0.4) is 0 Å². The number of aromatic hydroxyl groups is 1. The molecule has 0 heterocycles. The van der Waals surface area contributed by atoms with Crippen LogP contribution >= 0.6 is 0 Å². The highest BCUT2D eigenvalue weighted by molar-refractivity contribution is 5.82. The van der Waals surface area contributed by atoms with Gasteiger partial charge in [0, 0.05) is 19.2 Å². The molecule has 0 spiro atoms. The van der Waals surface area contributed by atoms with Crippen LogP contribution in [0.4, 0.5) is 0 Å². The number of para-hydroxylation sites is 1. The molecule has 1 atom stereocenters. The molecule has 0 unspecified atom stereocenters. The van der Waals surface area contributed by atoms with Gasteiger partial charge in [0.2, 0.25) is 5.91 Å². The number of phenolic OH excluding ortho intramolecular Hbond substituents is 1. The molecule has 0 saturated carbocycles. The minimum atomic E-state index is -0.548. The molecule has 0 aliphatic carbocycles. The Morgan fingerprint density at radius 2 is 1.94 bits per heavy atom. The summed E-state index contributed by atoms with van der Waals surface area (Å²) in [7, 11) is 1.69. The molecule has 18 heavy (non-hydrogen) atoms. The lowest BCUT2D eigenvalue weighted by molar-refractivity contribution is -0.134. The van der Waals surface area contributed by atoms with E-state index < -0.39 is 6.04 Å². The Kier molecular flexibility index (Phi) is 4.35. The van der Waals surface area contributed by atoms with Gasteiger partial charge in [-0.05, 0) is 11.5 Å². The number of nitrogens with zero attached hydrogens (tertiary/aromatic N) is 1. The number of amides is 1. The topological polar surface area (TPSA) is 66.6 Å². The van der Waals surface area contributed by atoms with Crippen molar-refractivity contribution in [3.8, 4) is 5.75 Å². The molecule has 1 amide bonds. The van der Waals surface area contributed by atoms with E-state index in [9.17, 15) is 9.90 Å². The minimum Gasteiger partial charge on any atom is -0.508 e. The standard InChI is InChI=1S/C14H22N2O2/c1-14(2,3)12(15)13(18)16(4)9-10-7-5-6-8-11(10)17/h5-8,12,17H,9,15H2,1-4H3/t12-/m0/s1. The molecule has 1 aromatic rings. The molecule has 0 fully saturated rings. The monoisotopic (exact) mass is 250 g/mol. The van der Waals surface area contributed by atoms with Crippen molar-refractivity contribution in [2.24, 2.45) is 11.1 Å². The van der Waals surface area contributed by atoms with Crippen LogP contribution in [0, 0.1) is 5.41 Å². The van der Waals surface area contributed by atoms with Crippen molar-refractivity contribution in [2.75, 3.05) is 7.05 Å². The molecule has 0 aromatic heterocycles. The van der Waals surface area contributed by atoms with Crippen LogP contribution in [0.2, 0.25) is 0 Å². The molecule has 0 bridgehead atoms. The first-order chi connectivity index (χ1) is 8.23. The first-order valence-corrected chi connectivity index (χ1v) is 6.01. The molecule has 1 rings (SSSR count). The number of nitrogens with two attached hydrogens (primary N) is 1. The Hall–Kier alpha value is -1.55. The van der Waals surface area contributed by atoms with Crippen molar-refractivity contribution in [3.63, 3.8) is 0 Å². The number of rotatable bonds is 3. The van der Waals surface area contributed by atoms with Gasteiger partial charge in [0.15, 0.2) is 0 Å². The van der Waals surface area contributed by atoms with Crippen molar-refractivity contribution in [3.05, 3.63) is 29.8 Å². The first kappa shape index (κ1) is 14.5. The van der Waals surface area contributed by atoms with E-state index in [-0.39, 0.29) is 17.1 Å². The van der Waals surface area contributed by atoms with Gasteiger partial charge >= 0.3 is 0 Å². The van der Waals surface area contributed by atoms with Gasteiger partial charge in [-0.1, -0.05) is 39.0 Å². The summed E-state index contributed by atoms with van der Waals surface area (Å²) < 4.78 is 0. The van der Waals surface area contributed by atoms with Crippen LogP contribution < -0.4 is 5.73 Å². The summed E-state index contributed by atoms with van der Waals surface area (Å²) in [6.07, 6.45) is 0. The van der Waals surface area contributed by atoms with E-state index in [1.54, 1.807) is 30.1 Å². The minimum absolute atomic E-state index is 0.120. The number of benzene rings is 1. The molecule has 0 aliphatic rings. The smallest absolute Gasteiger partial charge is 0.240 e. The second-order valence-corrected chi connectivity index (χ2v) is 5.67. The fourth-order valence-corrected chi connectivity index (χ4v) is 1.59. The second-order valence-electron chi connectivity index (χ2n) is 5.67. The van der Waals surface area contributed by atoms with E-state index in [4.69, 9.17) is 5.73 Å². The van der Waals surface area contributed by atoms with E-state index in [1.165, 1.54) is 0 Å². The van der Waals surface area contributed by atoms with Gasteiger partial charge in [0.05, 0.1) is 6.04 Å². The van der Waals surface area contributed by atoms with Crippen LogP contribution in [0.25, 0.3) is 0 Å². The van der Waals surface area contributed by atoms with E-state index in [1.807, 2.05) is 26.8 Å². The van der Waals surface area contributed by atoms with Gasteiger partial charge in [-0.25, -0.2) is 0 Å². The molecule has 0 saturated heterocycles. The summed E-state index contributed by atoms with van der Waals surface area (Å²) in [5.74, 6) is 0.0761. The van der Waals surface area contributed by atoms with Crippen molar-refractivity contribution in [2.45, 2.75) is 33.4 Å². The van der Waals surface area contributed by atoms with Gasteiger partial charge in [0.25, 0.3) is 0 Å². The Morgan fingerprint density at radius 3 is 2.44 bits per heavy atom. The summed E-state index contributed by atoms with van der Waals surface area (Å²) in [6.45, 7) is 6.16. The highest BCUT2D eigenvalue weighted by Gasteiger charge is 2.29. The second kappa shape index (κ2) is 5.40. The molecular formula is C14H22N2O2. The number of phenols is 1. The molecule has 4 nitrogen and oxygen atoms in total. The van der Waals surface area contributed by atoms with Crippen LogP contribution in [-0.2, 0) is 11.3 Å². The Labute approximate surface area is 108 Å². The van der Waals surface area contributed by atoms with Crippen molar-refractivity contribution >= 4 is 5.91 Å². The zero-order chi connectivity index (χ0) is 13.9. The number of hydrogen-bond acceptors (Lipinski definition) is 3. The predicted octanol–water partition coefficient (Wildman–Crippen LogP) is 1.72. The molecule has 100 valence electrons. The summed E-state index contributed by atoms with van der Waals surface area (Å²) in [4.78, 5) is 13.7. The Balaban J connectivity index is 2.75. The fourth-order valence-electron chi connectivity index (χ4n) is 1.59. The normalized spacial score (nSPS) is 13.2. The van der Waals surface area contributed by atoms with E-state index >= 15 is 0 Å². The molecule has 4 heteroatoms. The Morgan fingerprint density at radius 1 is 1.39 bits per heavy atom. The third-order valence-corrected chi connectivity index (χ3v) is 2.97. The maximum Gasteiger partial charge on any atom is 0.240 e. The maximum atomic E-state index is 12.1. The quantitative estimate of drug-likeness (QED) is 0.858. The van der Waals surface area contributed by atoms with E-state index in [0.717, 1.165) is 5.56 Å². The number of carbonyl (C=O) groups is 1. The van der Waals surface area contributed by atoms with Crippen LogP contribution in [0.1, 0.15) is 26.3 Å². The van der Waals surface area contributed by atoms with E-state index in [0.29, 0.717) is 6.54 Å². The highest BCUT2D eigenvalue weighted by Crippen LogP contribution is 2.21. The van der Waals surface area contributed by atoms with Crippen LogP contribution in [-0.4, -0.2) is 29.0 Å². The van der Waals surface area contributed by atoms with Crippen molar-refractivity contribution < 1.29 is 9.90 Å². The summed E-state index contributed by atoms with van der Waals surface area (Å²) in [5.41, 5.74) is 6.38. The lowest BCUT2D eigenvalue weighted by Crippen LogP contribution is -2.48. The van der Waals surface area contributed by atoms with E-state index in [2.05, 4.69) is 0 Å². The van der Waals surface area contributed by atoms with Gasteiger partial charge in [-0.15, -0.1) is 0 Å². The van der Waals surface area contributed by atoms with Crippen molar-refractivity contribution in [1.82, 2.24) is 4.90 Å². The summed E-state index contributed by atoms with van der Waals surface area (Å²) in [6, 6.07) is 6.44. The largest absolute Gasteiger partial charge is 0.508 e. The van der Waals surface area contributed by atoms with Crippen molar-refractivity contribution in [1.29, 1.82) is 0 Å². The maximum absolute atomic E-state index is 12.1. The van der Waals surface area contributed by atoms with Gasteiger partial charge in [-0.2, -0.15) is 0 Å². The average Bonchev–Trinajstić information content (AvgIpc) is 2.29. The number of likely N-dealkylation sites (N-methyl/N-ethyl adjacent to an activating group) is 1. The fraction of sp³-hybridized carbons (Fsp3) is 0.500. The third-order valence-electron chi connectivity index (χ3n) is 2.97. The number of carbonyl (C=O) groups excluding carboxylic acids is 1.